The summed E-state index contributed by atoms with van der Waals surface area (Å²) < 4.78 is 55.8. The first kappa shape index (κ1) is 31.7. The Morgan fingerprint density at radius 3 is 1.78 bits per heavy atom. The Balaban J connectivity index is 1.48. The van der Waals surface area contributed by atoms with Crippen molar-refractivity contribution >= 4 is 23.9 Å². The molecule has 16 heteroatoms. The predicted molar refractivity (Wildman–Crippen MR) is 146 cm³/mol. The van der Waals surface area contributed by atoms with E-state index < -0.39 is 84.2 Å². The van der Waals surface area contributed by atoms with Gasteiger partial charge in [-0.2, -0.15) is 8.78 Å². The lowest BCUT2D eigenvalue weighted by atomic mass is 10.0. The number of hydrogen-bond acceptors (Lipinski definition) is 14. The van der Waals surface area contributed by atoms with Gasteiger partial charge < -0.3 is 28.8 Å². The zero-order valence-electron chi connectivity index (χ0n) is 23.4. The molecule has 0 amide bonds. The fraction of sp³-hybridized carbons (Fsp3) is 0.200. The Morgan fingerprint density at radius 2 is 1.26 bits per heavy atom. The van der Waals surface area contributed by atoms with Crippen molar-refractivity contribution < 1.29 is 56.7 Å². The highest BCUT2D eigenvalue weighted by Crippen LogP contribution is 2.36. The van der Waals surface area contributed by atoms with E-state index in [-0.39, 0.29) is 11.1 Å². The second-order valence-electron chi connectivity index (χ2n) is 9.54. The Kier molecular flexibility index (Phi) is 9.58. The van der Waals surface area contributed by atoms with Crippen LogP contribution < -0.4 is 0 Å². The molecule has 5 heterocycles. The Bertz CT molecular complexity index is 1730. The molecule has 1 N–H and O–H groups in total. The molecule has 0 radical (unpaired) electrons. The number of nitrogens with zero attached hydrogens (tertiary/aromatic N) is 4. The Morgan fingerprint density at radius 1 is 0.739 bits per heavy atom. The number of rotatable bonds is 10. The van der Waals surface area contributed by atoms with Crippen LogP contribution in [0, 0.1) is 11.9 Å². The summed E-state index contributed by atoms with van der Waals surface area (Å²) in [5.74, 6) is -9.85. The third-order valence-electron chi connectivity index (χ3n) is 6.48. The first-order valence-electron chi connectivity index (χ1n) is 13.3. The molecule has 1 saturated heterocycles. The van der Waals surface area contributed by atoms with Gasteiger partial charge in [0, 0.05) is 37.2 Å². The van der Waals surface area contributed by atoms with Crippen molar-refractivity contribution in [1.82, 2.24) is 19.9 Å². The molecule has 4 atom stereocenters. The molecular formula is C30H22F2N4O10. The molecular weight excluding hydrogens is 614 g/mol. The van der Waals surface area contributed by atoms with Crippen molar-refractivity contribution in [2.75, 3.05) is 13.2 Å². The first-order valence-corrected chi connectivity index (χ1v) is 13.3. The SMILES string of the molecule is O=C(OCC1OC(O)(COC(=O)c2cccnc2)C(OC(=O)c2cccnc2F)C1OC(=O)c1cccnc1F)c1cccnc1. The molecule has 5 rings (SSSR count). The van der Waals surface area contributed by atoms with Gasteiger partial charge in [0.05, 0.1) is 11.1 Å². The van der Waals surface area contributed by atoms with E-state index in [1.165, 1.54) is 61.2 Å². The second kappa shape index (κ2) is 13.9. The molecule has 0 aromatic carbocycles. The standard InChI is InChI=1S/C30H22F2N4O10/c31-24-19(7-3-11-35-24)28(39)44-22-21(15-42-26(37)17-5-1-9-33-13-17)46-30(41,16-43-27(38)18-6-2-10-34-14-18)23(22)45-29(40)20-8-4-12-36-25(20)32/h1-14,21-23,41H,15-16H2. The van der Waals surface area contributed by atoms with Crippen LogP contribution in [0.4, 0.5) is 8.78 Å². The summed E-state index contributed by atoms with van der Waals surface area (Å²) in [5.41, 5.74) is -1.31. The Hall–Kier alpha value is -5.74. The van der Waals surface area contributed by atoms with Crippen LogP contribution in [-0.4, -0.2) is 86.2 Å². The molecule has 4 aromatic rings. The zero-order chi connectivity index (χ0) is 32.7. The van der Waals surface area contributed by atoms with Gasteiger partial charge in [0.1, 0.15) is 30.4 Å². The molecule has 0 saturated carbocycles. The molecule has 236 valence electrons. The van der Waals surface area contributed by atoms with Gasteiger partial charge >= 0.3 is 23.9 Å². The van der Waals surface area contributed by atoms with Gasteiger partial charge in [-0.25, -0.2) is 29.1 Å². The minimum atomic E-state index is -2.80. The normalized spacial score (nSPS) is 20.4. The van der Waals surface area contributed by atoms with E-state index in [9.17, 15) is 33.1 Å². The lowest BCUT2D eigenvalue weighted by Gasteiger charge is -2.29. The van der Waals surface area contributed by atoms with Crippen LogP contribution in [-0.2, 0) is 23.7 Å². The van der Waals surface area contributed by atoms with Crippen LogP contribution in [0.2, 0.25) is 0 Å². The average Bonchev–Trinajstić information content (AvgIpc) is 3.33. The Labute approximate surface area is 257 Å². The maximum Gasteiger partial charge on any atom is 0.343 e. The number of halogens is 2. The van der Waals surface area contributed by atoms with Gasteiger partial charge in [-0.1, -0.05) is 0 Å². The van der Waals surface area contributed by atoms with Crippen LogP contribution in [0.25, 0.3) is 0 Å². The first-order chi connectivity index (χ1) is 22.2. The average molecular weight is 637 g/mol. The minimum Gasteiger partial charge on any atom is -0.459 e. The van der Waals surface area contributed by atoms with E-state index in [0.717, 1.165) is 24.5 Å². The molecule has 0 bridgehead atoms. The highest BCUT2D eigenvalue weighted by Gasteiger charge is 2.60. The molecule has 46 heavy (non-hydrogen) atoms. The summed E-state index contributed by atoms with van der Waals surface area (Å²) in [6.45, 7) is -1.79. The molecule has 1 fully saturated rings. The highest BCUT2D eigenvalue weighted by atomic mass is 19.1. The minimum absolute atomic E-state index is 0.0212. The quantitative estimate of drug-likeness (QED) is 0.151. The van der Waals surface area contributed by atoms with Gasteiger partial charge in [-0.3, -0.25) is 9.97 Å². The van der Waals surface area contributed by atoms with Crippen LogP contribution in [0.3, 0.4) is 0 Å². The predicted octanol–water partition coefficient (Wildman–Crippen LogP) is 2.10. The van der Waals surface area contributed by atoms with Gasteiger partial charge in [0.15, 0.2) is 12.2 Å². The molecule has 0 aliphatic carbocycles. The van der Waals surface area contributed by atoms with Crippen molar-refractivity contribution in [2.45, 2.75) is 24.1 Å². The lowest BCUT2D eigenvalue weighted by molar-refractivity contribution is -0.247. The van der Waals surface area contributed by atoms with Crippen LogP contribution in [0.5, 0.6) is 0 Å². The second-order valence-corrected chi connectivity index (χ2v) is 9.54. The van der Waals surface area contributed by atoms with Crippen LogP contribution in [0.15, 0.2) is 85.7 Å². The van der Waals surface area contributed by atoms with Crippen LogP contribution in [0.1, 0.15) is 41.4 Å². The van der Waals surface area contributed by atoms with Gasteiger partial charge in [-0.15, -0.1) is 0 Å². The number of ether oxygens (including phenoxy) is 5. The van der Waals surface area contributed by atoms with Crippen molar-refractivity contribution in [1.29, 1.82) is 0 Å². The van der Waals surface area contributed by atoms with Crippen LogP contribution >= 0.6 is 0 Å². The van der Waals surface area contributed by atoms with Crippen molar-refractivity contribution in [3.8, 4) is 0 Å². The monoisotopic (exact) mass is 636 g/mol. The van der Waals surface area contributed by atoms with E-state index >= 15 is 0 Å². The number of hydrogen-bond donors (Lipinski definition) is 1. The number of carbonyl (C=O) groups is 4. The molecule has 4 unspecified atom stereocenters. The van der Waals surface area contributed by atoms with E-state index in [1.807, 2.05) is 0 Å². The van der Waals surface area contributed by atoms with E-state index in [1.54, 1.807) is 0 Å². The smallest absolute Gasteiger partial charge is 0.343 e. The number of carbonyl (C=O) groups excluding carboxylic acids is 4. The van der Waals surface area contributed by atoms with Gasteiger partial charge in [0.2, 0.25) is 17.7 Å². The fourth-order valence-corrected chi connectivity index (χ4v) is 4.29. The summed E-state index contributed by atoms with van der Waals surface area (Å²) in [6, 6.07) is 10.2. The molecule has 4 aromatic heterocycles. The summed E-state index contributed by atoms with van der Waals surface area (Å²) in [4.78, 5) is 65.9. The number of aliphatic hydroxyl groups is 1. The molecule has 0 spiro atoms. The fourth-order valence-electron chi connectivity index (χ4n) is 4.29. The largest absolute Gasteiger partial charge is 0.459 e. The van der Waals surface area contributed by atoms with E-state index in [0.29, 0.717) is 0 Å². The maximum absolute atomic E-state index is 14.4. The number of aromatic nitrogens is 4. The third kappa shape index (κ3) is 7.14. The lowest BCUT2D eigenvalue weighted by Crippen LogP contribution is -2.51. The molecule has 1 aliphatic rings. The van der Waals surface area contributed by atoms with Gasteiger partial charge in [0.25, 0.3) is 0 Å². The number of pyridine rings is 4. The van der Waals surface area contributed by atoms with E-state index in [2.05, 4.69) is 19.9 Å². The summed E-state index contributed by atoms with van der Waals surface area (Å²) >= 11 is 0. The third-order valence-corrected chi connectivity index (χ3v) is 6.48. The van der Waals surface area contributed by atoms with Crippen molar-refractivity contribution in [2.24, 2.45) is 0 Å². The summed E-state index contributed by atoms with van der Waals surface area (Å²) in [5, 5.41) is 11.6. The van der Waals surface area contributed by atoms with Crippen molar-refractivity contribution in [3.63, 3.8) is 0 Å². The van der Waals surface area contributed by atoms with E-state index in [4.69, 9.17) is 23.7 Å². The van der Waals surface area contributed by atoms with Gasteiger partial charge in [-0.05, 0) is 48.5 Å². The maximum atomic E-state index is 14.4. The zero-order valence-corrected chi connectivity index (χ0v) is 23.4. The molecule has 14 nitrogen and oxygen atoms in total. The molecule has 1 aliphatic heterocycles. The van der Waals surface area contributed by atoms with Crippen molar-refractivity contribution in [3.05, 3.63) is 120 Å². The topological polar surface area (TPSA) is 186 Å². The number of esters is 4. The summed E-state index contributed by atoms with van der Waals surface area (Å²) in [7, 11) is 0. The highest BCUT2D eigenvalue weighted by molar-refractivity contribution is 5.91. The summed E-state index contributed by atoms with van der Waals surface area (Å²) in [6.07, 6.45) is 1.79.